The van der Waals surface area contributed by atoms with E-state index >= 15 is 0 Å². The van der Waals surface area contributed by atoms with E-state index in [2.05, 4.69) is 16.8 Å². The second-order valence-corrected chi connectivity index (χ2v) is 5.69. The van der Waals surface area contributed by atoms with Crippen LogP contribution in [0.15, 0.2) is 24.5 Å². The van der Waals surface area contributed by atoms with Gasteiger partial charge in [0.25, 0.3) is 0 Å². The molecule has 0 radical (unpaired) electrons. The zero-order chi connectivity index (χ0) is 15.7. The van der Waals surface area contributed by atoms with Crippen LogP contribution in [0.5, 0.6) is 0 Å². The maximum absolute atomic E-state index is 12.5. The standard InChI is InChI=1S/C16H28N4O/c1-4-14(11-17)10-16(21)20(9-8-19(2)3)13-15-6-5-7-18-12-15/h5-7,12,14H,4,8-11,13,17H2,1-3H3. The summed E-state index contributed by atoms with van der Waals surface area (Å²) in [6, 6.07) is 3.90. The highest BCUT2D eigenvalue weighted by Crippen LogP contribution is 2.11. The minimum Gasteiger partial charge on any atom is -0.337 e. The maximum atomic E-state index is 12.5. The van der Waals surface area contributed by atoms with Gasteiger partial charge in [0.05, 0.1) is 0 Å². The summed E-state index contributed by atoms with van der Waals surface area (Å²) in [5.74, 6) is 0.450. The van der Waals surface area contributed by atoms with Crippen molar-refractivity contribution in [3.63, 3.8) is 0 Å². The van der Waals surface area contributed by atoms with E-state index in [1.807, 2.05) is 37.3 Å². The number of rotatable bonds is 9. The fraction of sp³-hybridized carbons (Fsp3) is 0.625. The topological polar surface area (TPSA) is 62.5 Å². The Hall–Kier alpha value is -1.46. The number of hydrogen-bond acceptors (Lipinski definition) is 4. The van der Waals surface area contributed by atoms with E-state index in [1.54, 1.807) is 6.20 Å². The first kappa shape index (κ1) is 17.6. The minimum absolute atomic E-state index is 0.179. The van der Waals surface area contributed by atoms with E-state index in [4.69, 9.17) is 5.73 Å². The van der Waals surface area contributed by atoms with E-state index in [1.165, 1.54) is 0 Å². The lowest BCUT2D eigenvalue weighted by atomic mass is 10.0. The molecule has 0 aliphatic carbocycles. The van der Waals surface area contributed by atoms with Crippen LogP contribution in [-0.4, -0.2) is 54.4 Å². The number of amides is 1. The zero-order valence-corrected chi connectivity index (χ0v) is 13.5. The molecule has 118 valence electrons. The first-order chi connectivity index (χ1) is 10.1. The Balaban J connectivity index is 2.69. The number of pyridine rings is 1. The van der Waals surface area contributed by atoms with Crippen molar-refractivity contribution < 1.29 is 4.79 Å². The Morgan fingerprint density at radius 1 is 1.38 bits per heavy atom. The van der Waals surface area contributed by atoms with Crippen LogP contribution in [-0.2, 0) is 11.3 Å². The van der Waals surface area contributed by atoms with Crippen LogP contribution in [0.3, 0.4) is 0 Å². The van der Waals surface area contributed by atoms with Gasteiger partial charge >= 0.3 is 0 Å². The Morgan fingerprint density at radius 2 is 2.14 bits per heavy atom. The van der Waals surface area contributed by atoms with Gasteiger partial charge in [0.15, 0.2) is 0 Å². The Labute approximate surface area is 128 Å². The van der Waals surface area contributed by atoms with Crippen molar-refractivity contribution in [3.05, 3.63) is 30.1 Å². The Morgan fingerprint density at radius 3 is 2.67 bits per heavy atom. The van der Waals surface area contributed by atoms with Gasteiger partial charge in [-0.25, -0.2) is 0 Å². The fourth-order valence-electron chi connectivity index (χ4n) is 2.10. The lowest BCUT2D eigenvalue weighted by molar-refractivity contribution is -0.133. The summed E-state index contributed by atoms with van der Waals surface area (Å²) in [4.78, 5) is 20.6. The molecule has 21 heavy (non-hydrogen) atoms. The summed E-state index contributed by atoms with van der Waals surface area (Å²) in [5.41, 5.74) is 6.78. The summed E-state index contributed by atoms with van der Waals surface area (Å²) < 4.78 is 0. The molecule has 0 saturated carbocycles. The van der Waals surface area contributed by atoms with Gasteiger partial charge in [-0.2, -0.15) is 0 Å². The van der Waals surface area contributed by atoms with Crippen LogP contribution in [0.25, 0.3) is 0 Å². The van der Waals surface area contributed by atoms with E-state index in [0.717, 1.165) is 25.1 Å². The molecule has 0 bridgehead atoms. The van der Waals surface area contributed by atoms with Gasteiger partial charge in [-0.05, 0) is 38.2 Å². The molecular formula is C16H28N4O. The highest BCUT2D eigenvalue weighted by Gasteiger charge is 2.18. The molecule has 1 atom stereocenters. The quantitative estimate of drug-likeness (QED) is 0.746. The van der Waals surface area contributed by atoms with Crippen molar-refractivity contribution in [2.45, 2.75) is 26.3 Å². The summed E-state index contributed by atoms with van der Waals surface area (Å²) in [7, 11) is 4.03. The van der Waals surface area contributed by atoms with Crippen molar-refractivity contribution in [1.82, 2.24) is 14.8 Å². The molecule has 0 spiro atoms. The van der Waals surface area contributed by atoms with E-state index in [-0.39, 0.29) is 11.8 Å². The van der Waals surface area contributed by atoms with Crippen molar-refractivity contribution in [1.29, 1.82) is 0 Å². The van der Waals surface area contributed by atoms with Gasteiger partial charge in [0.1, 0.15) is 0 Å². The first-order valence-corrected chi connectivity index (χ1v) is 7.58. The third kappa shape index (κ3) is 6.69. The monoisotopic (exact) mass is 292 g/mol. The number of carbonyl (C=O) groups excluding carboxylic acids is 1. The molecule has 5 nitrogen and oxygen atoms in total. The molecule has 0 aliphatic rings. The molecule has 1 rings (SSSR count). The van der Waals surface area contributed by atoms with E-state index in [9.17, 15) is 4.79 Å². The lowest BCUT2D eigenvalue weighted by Crippen LogP contribution is -2.37. The lowest BCUT2D eigenvalue weighted by Gasteiger charge is -2.26. The largest absolute Gasteiger partial charge is 0.337 e. The highest BCUT2D eigenvalue weighted by atomic mass is 16.2. The summed E-state index contributed by atoms with van der Waals surface area (Å²) in [6.45, 7) is 4.83. The maximum Gasteiger partial charge on any atom is 0.223 e. The van der Waals surface area contributed by atoms with E-state index in [0.29, 0.717) is 19.5 Å². The van der Waals surface area contributed by atoms with Crippen LogP contribution >= 0.6 is 0 Å². The smallest absolute Gasteiger partial charge is 0.223 e. The SMILES string of the molecule is CCC(CN)CC(=O)N(CCN(C)C)Cc1cccnc1. The molecule has 0 saturated heterocycles. The number of aromatic nitrogens is 1. The first-order valence-electron chi connectivity index (χ1n) is 7.58. The van der Waals surface area contributed by atoms with Crippen molar-refractivity contribution >= 4 is 5.91 Å². The van der Waals surface area contributed by atoms with Crippen molar-refractivity contribution in [3.8, 4) is 0 Å². The second-order valence-electron chi connectivity index (χ2n) is 5.69. The Kier molecular flexibility index (Phi) is 7.93. The van der Waals surface area contributed by atoms with Gasteiger partial charge in [0.2, 0.25) is 5.91 Å². The zero-order valence-electron chi connectivity index (χ0n) is 13.5. The van der Waals surface area contributed by atoms with Crippen LogP contribution < -0.4 is 5.73 Å². The number of nitrogens with zero attached hydrogens (tertiary/aromatic N) is 3. The van der Waals surface area contributed by atoms with Crippen LogP contribution in [0, 0.1) is 5.92 Å². The van der Waals surface area contributed by atoms with Crippen LogP contribution in [0.4, 0.5) is 0 Å². The molecule has 1 aromatic rings. The van der Waals surface area contributed by atoms with Gasteiger partial charge in [0, 0.05) is 38.4 Å². The molecule has 1 aromatic heterocycles. The molecule has 5 heteroatoms. The van der Waals surface area contributed by atoms with Gasteiger partial charge in [-0.1, -0.05) is 19.4 Å². The third-order valence-corrected chi connectivity index (χ3v) is 3.64. The predicted octanol–water partition coefficient (Wildman–Crippen LogP) is 1.35. The number of likely N-dealkylation sites (N-methyl/N-ethyl adjacent to an activating group) is 1. The molecule has 0 fully saturated rings. The van der Waals surface area contributed by atoms with Gasteiger partial charge in [-0.15, -0.1) is 0 Å². The summed E-state index contributed by atoms with van der Waals surface area (Å²) in [6.07, 6.45) is 5.03. The van der Waals surface area contributed by atoms with E-state index < -0.39 is 0 Å². The third-order valence-electron chi connectivity index (χ3n) is 3.64. The second kappa shape index (κ2) is 9.47. The van der Waals surface area contributed by atoms with Crippen LogP contribution in [0.2, 0.25) is 0 Å². The number of carbonyl (C=O) groups is 1. The van der Waals surface area contributed by atoms with Crippen LogP contribution in [0.1, 0.15) is 25.3 Å². The van der Waals surface area contributed by atoms with Gasteiger partial charge < -0.3 is 15.5 Å². The Bertz CT molecular complexity index is 404. The molecule has 0 aliphatic heterocycles. The number of hydrogen-bond donors (Lipinski definition) is 1. The molecular weight excluding hydrogens is 264 g/mol. The van der Waals surface area contributed by atoms with Crippen molar-refractivity contribution in [2.24, 2.45) is 11.7 Å². The molecule has 2 N–H and O–H groups in total. The predicted molar refractivity (Wildman–Crippen MR) is 85.7 cm³/mol. The van der Waals surface area contributed by atoms with Crippen molar-refractivity contribution in [2.75, 3.05) is 33.7 Å². The summed E-state index contributed by atoms with van der Waals surface area (Å²) >= 11 is 0. The minimum atomic E-state index is 0.179. The summed E-state index contributed by atoms with van der Waals surface area (Å²) in [5, 5.41) is 0. The normalized spacial score (nSPS) is 12.4. The fourth-order valence-corrected chi connectivity index (χ4v) is 2.10. The average Bonchev–Trinajstić information content (AvgIpc) is 2.49. The molecule has 1 unspecified atom stereocenters. The average molecular weight is 292 g/mol. The molecule has 0 aromatic carbocycles. The van der Waals surface area contributed by atoms with Gasteiger partial charge in [-0.3, -0.25) is 9.78 Å². The molecule has 1 amide bonds. The highest BCUT2D eigenvalue weighted by molar-refractivity contribution is 5.76. The molecule has 1 heterocycles. The number of nitrogens with two attached hydrogens (primary N) is 1.